The molecule has 3 aromatic heterocycles. The van der Waals surface area contributed by atoms with E-state index in [2.05, 4.69) is 46.5 Å². The van der Waals surface area contributed by atoms with Gasteiger partial charge < -0.3 is 74.3 Å². The van der Waals surface area contributed by atoms with Crippen molar-refractivity contribution in [3.63, 3.8) is 0 Å². The van der Waals surface area contributed by atoms with Crippen LogP contribution in [-0.4, -0.2) is 132 Å². The van der Waals surface area contributed by atoms with Gasteiger partial charge in [0.15, 0.2) is 0 Å². The molecule has 5 rings (SSSR count). The van der Waals surface area contributed by atoms with Gasteiger partial charge in [-0.05, 0) is 54.9 Å². The van der Waals surface area contributed by atoms with E-state index in [-0.39, 0.29) is 31.6 Å². The van der Waals surface area contributed by atoms with Crippen LogP contribution in [0.25, 0.3) is 21.8 Å². The summed E-state index contributed by atoms with van der Waals surface area (Å²) in [4.78, 5) is 132. The van der Waals surface area contributed by atoms with E-state index >= 15 is 0 Å². The third-order valence-corrected chi connectivity index (χ3v) is 11.6. The minimum atomic E-state index is -1.78. The first kappa shape index (κ1) is 53.8. The number of aromatic nitrogens is 4. The molecule has 0 aliphatic heterocycles. The molecule has 0 radical (unpaired) electrons. The van der Waals surface area contributed by atoms with Crippen LogP contribution in [0.1, 0.15) is 62.8 Å². The first-order valence-electron chi connectivity index (χ1n) is 22.9. The summed E-state index contributed by atoms with van der Waals surface area (Å²) in [6.45, 7) is 2.60. The normalized spacial score (nSPS) is 14.3. The number of imidazole rings is 1. The zero-order chi connectivity index (χ0) is 51.8. The fraction of sp³-hybridized carbons (Fsp3) is 0.404. The molecule has 24 nitrogen and oxygen atoms in total. The van der Waals surface area contributed by atoms with Crippen molar-refractivity contribution in [2.24, 2.45) is 23.1 Å². The molecule has 7 unspecified atom stereocenters. The Morgan fingerprint density at radius 3 is 1.49 bits per heavy atom. The summed E-state index contributed by atoms with van der Waals surface area (Å²) in [6, 6.07) is 4.80. The number of aliphatic carboxylic acids is 1. The molecule has 2 aromatic carbocycles. The zero-order valence-electron chi connectivity index (χ0n) is 39.2. The number of carboxylic acid groups (broad SMARTS) is 1. The number of carboxylic acids is 1. The van der Waals surface area contributed by atoms with Crippen molar-refractivity contribution in [2.45, 2.75) is 108 Å². The van der Waals surface area contributed by atoms with E-state index in [0.717, 1.165) is 27.4 Å². The van der Waals surface area contributed by atoms with Crippen molar-refractivity contribution in [3.8, 4) is 0 Å². The number of primary amides is 2. The average Bonchev–Trinajstić information content (AvgIpc) is 4.10. The van der Waals surface area contributed by atoms with Crippen molar-refractivity contribution in [3.05, 3.63) is 90.3 Å². The standard InChI is InChI=1S/C47H61N13O11/c1-24(2)15-35(58-45(68)36(17-26-20-53-32-10-6-4-8-29(26)32)57-41(64)30(48)16-25-19-52-31-9-5-3-7-28(25)31)44(67)59-37(18-27-21-51-23-54-27)46(69)56-33(11-13-39(49)62)42(65)55-34(12-14-40(50)63)43(66)60-38(22-61)47(70)71/h3-10,19-21,23-24,30,33-38,52-53,61H,11-18,22,48H2,1-2H3,(H2,49,62)(H2,50,63)(H,51,54)(H,55,65)(H,56,69)(H,57,64)(H,58,68)(H,59,67)(H,60,66)(H,70,71). The van der Waals surface area contributed by atoms with Gasteiger partial charge in [-0.25, -0.2) is 9.78 Å². The number of nitrogens with one attached hydrogen (secondary N) is 9. The Kier molecular flexibility index (Phi) is 19.3. The number of hydrogen-bond donors (Lipinski definition) is 14. The van der Waals surface area contributed by atoms with Gasteiger partial charge in [-0.15, -0.1) is 0 Å². The number of aliphatic hydroxyl groups is 1. The number of rotatable bonds is 28. The lowest BCUT2D eigenvalue weighted by molar-refractivity contribution is -0.143. The maximum Gasteiger partial charge on any atom is 0.328 e. The summed E-state index contributed by atoms with van der Waals surface area (Å²) >= 11 is 0. The van der Waals surface area contributed by atoms with Gasteiger partial charge in [-0.3, -0.25) is 38.4 Å². The highest BCUT2D eigenvalue weighted by Gasteiger charge is 2.35. The molecule has 0 saturated heterocycles. The van der Waals surface area contributed by atoms with Crippen LogP contribution in [0.2, 0.25) is 0 Å². The number of carbonyl (C=O) groups excluding carboxylic acids is 8. The average molecular weight is 984 g/mol. The topological polar surface area (TPSA) is 405 Å². The third kappa shape index (κ3) is 15.7. The minimum Gasteiger partial charge on any atom is -0.480 e. The molecule has 0 bridgehead atoms. The summed E-state index contributed by atoms with van der Waals surface area (Å²) in [5.41, 5.74) is 20.6. The number of aromatic amines is 3. The molecule has 0 aliphatic rings. The number of hydrogen-bond acceptors (Lipinski definition) is 12. The number of nitrogens with two attached hydrogens (primary N) is 3. The quantitative estimate of drug-likeness (QED) is 0.0266. The molecule has 380 valence electrons. The van der Waals surface area contributed by atoms with Crippen LogP contribution in [0.15, 0.2) is 73.4 Å². The van der Waals surface area contributed by atoms with E-state index < -0.39 is 128 Å². The number of carbonyl (C=O) groups is 9. The smallest absolute Gasteiger partial charge is 0.328 e. The number of aliphatic hydroxyl groups excluding tert-OH is 1. The van der Waals surface area contributed by atoms with Crippen LogP contribution in [0.3, 0.4) is 0 Å². The molecule has 8 amide bonds. The van der Waals surface area contributed by atoms with Gasteiger partial charge >= 0.3 is 5.97 Å². The summed E-state index contributed by atoms with van der Waals surface area (Å²) in [5.74, 6) is -8.86. The number of benzene rings is 2. The molecule has 17 N–H and O–H groups in total. The Morgan fingerprint density at radius 2 is 1.01 bits per heavy atom. The molecule has 7 atom stereocenters. The molecular weight excluding hydrogens is 923 g/mol. The number of para-hydroxylation sites is 2. The van der Waals surface area contributed by atoms with Gasteiger partial charge in [0, 0.05) is 71.8 Å². The van der Waals surface area contributed by atoms with Crippen LogP contribution < -0.4 is 49.1 Å². The Morgan fingerprint density at radius 1 is 0.577 bits per heavy atom. The second-order valence-electron chi connectivity index (χ2n) is 17.5. The Hall–Kier alpha value is -8.12. The van der Waals surface area contributed by atoms with Crippen LogP contribution in [-0.2, 0) is 62.4 Å². The van der Waals surface area contributed by atoms with E-state index in [9.17, 15) is 53.4 Å². The summed E-state index contributed by atoms with van der Waals surface area (Å²) in [5, 5.41) is 35.6. The molecule has 24 heteroatoms. The van der Waals surface area contributed by atoms with Crippen molar-refractivity contribution >= 4 is 75.0 Å². The number of amides is 8. The summed E-state index contributed by atoms with van der Waals surface area (Å²) < 4.78 is 0. The number of H-pyrrole nitrogens is 3. The fourth-order valence-electron chi connectivity index (χ4n) is 7.82. The Balaban J connectivity index is 1.38. The minimum absolute atomic E-state index is 0.0103. The van der Waals surface area contributed by atoms with Crippen LogP contribution in [0, 0.1) is 5.92 Å². The van der Waals surface area contributed by atoms with Crippen molar-refractivity contribution in [1.82, 2.24) is 51.8 Å². The van der Waals surface area contributed by atoms with Gasteiger partial charge in [0.05, 0.1) is 19.0 Å². The van der Waals surface area contributed by atoms with Gasteiger partial charge in [0.25, 0.3) is 0 Å². The Bertz CT molecular complexity index is 2680. The van der Waals surface area contributed by atoms with Gasteiger partial charge in [0.1, 0.15) is 36.3 Å². The van der Waals surface area contributed by atoms with Crippen LogP contribution >= 0.6 is 0 Å². The molecular formula is C47H61N13O11. The summed E-state index contributed by atoms with van der Waals surface area (Å²) in [7, 11) is 0. The first-order valence-corrected chi connectivity index (χ1v) is 22.9. The SMILES string of the molecule is CC(C)CC(NC(=O)C(Cc1c[nH]c2ccccc12)NC(=O)C(N)Cc1c[nH]c2ccccc12)C(=O)NC(Cc1cnc[nH]1)C(=O)NC(CCC(N)=O)C(=O)NC(CCC(N)=O)C(=O)NC(CO)C(=O)O. The Labute approximate surface area is 406 Å². The molecule has 0 aliphatic carbocycles. The second kappa shape index (κ2) is 25.5. The fourth-order valence-corrected chi connectivity index (χ4v) is 7.82. The number of fused-ring (bicyclic) bond motifs is 2. The highest BCUT2D eigenvalue weighted by Crippen LogP contribution is 2.21. The molecule has 0 fully saturated rings. The third-order valence-electron chi connectivity index (χ3n) is 11.6. The first-order chi connectivity index (χ1) is 33.8. The predicted octanol–water partition coefficient (Wildman–Crippen LogP) is -1.71. The lowest BCUT2D eigenvalue weighted by Crippen LogP contribution is -2.60. The maximum atomic E-state index is 14.5. The van der Waals surface area contributed by atoms with E-state index in [4.69, 9.17) is 17.2 Å². The molecule has 0 spiro atoms. The van der Waals surface area contributed by atoms with E-state index in [0.29, 0.717) is 11.3 Å². The number of nitrogens with zero attached hydrogens (tertiary/aromatic N) is 1. The zero-order valence-corrected chi connectivity index (χ0v) is 39.2. The largest absolute Gasteiger partial charge is 0.480 e. The summed E-state index contributed by atoms with van der Waals surface area (Å²) in [6.07, 6.45) is 4.41. The van der Waals surface area contributed by atoms with Crippen molar-refractivity contribution in [2.75, 3.05) is 6.61 Å². The van der Waals surface area contributed by atoms with E-state index in [1.807, 2.05) is 53.8 Å². The van der Waals surface area contributed by atoms with Gasteiger partial charge in [-0.1, -0.05) is 50.2 Å². The van der Waals surface area contributed by atoms with Gasteiger partial charge in [0.2, 0.25) is 47.3 Å². The maximum absolute atomic E-state index is 14.5. The second-order valence-corrected chi connectivity index (χ2v) is 17.5. The molecule has 5 aromatic rings. The molecule has 3 heterocycles. The van der Waals surface area contributed by atoms with E-state index in [1.165, 1.54) is 12.5 Å². The molecule has 0 saturated carbocycles. The van der Waals surface area contributed by atoms with Gasteiger partial charge in [-0.2, -0.15) is 0 Å². The highest BCUT2D eigenvalue weighted by molar-refractivity contribution is 5.98. The van der Waals surface area contributed by atoms with Crippen molar-refractivity contribution in [1.29, 1.82) is 0 Å². The highest BCUT2D eigenvalue weighted by atomic mass is 16.4. The van der Waals surface area contributed by atoms with Crippen LogP contribution in [0.5, 0.6) is 0 Å². The lowest BCUT2D eigenvalue weighted by atomic mass is 9.99. The van der Waals surface area contributed by atoms with Crippen molar-refractivity contribution < 1.29 is 53.4 Å². The van der Waals surface area contributed by atoms with E-state index in [1.54, 1.807) is 26.2 Å². The predicted molar refractivity (Wildman–Crippen MR) is 257 cm³/mol. The monoisotopic (exact) mass is 983 g/mol. The van der Waals surface area contributed by atoms with Crippen LogP contribution in [0.4, 0.5) is 0 Å². The molecule has 71 heavy (non-hydrogen) atoms. The lowest BCUT2D eigenvalue weighted by Gasteiger charge is -2.28.